The van der Waals surface area contributed by atoms with E-state index in [9.17, 15) is 9.59 Å². The average molecular weight is 491 g/mol. The first kappa shape index (κ1) is 25.0. The van der Waals surface area contributed by atoms with Crippen molar-refractivity contribution in [2.75, 3.05) is 25.2 Å². The first-order valence-electron chi connectivity index (χ1n) is 11.6. The number of epoxide rings is 2. The lowest BCUT2D eigenvalue weighted by molar-refractivity contribution is -0.124. The molecule has 3 fully saturated rings. The molecule has 0 aromatic heterocycles. The van der Waals surface area contributed by atoms with Gasteiger partial charge in [-0.1, -0.05) is 11.6 Å². The lowest BCUT2D eigenvalue weighted by Crippen LogP contribution is -2.56. The van der Waals surface area contributed by atoms with E-state index in [2.05, 4.69) is 32.2 Å². The molecule has 9 heteroatoms. The number of imide groups is 1. The number of benzene rings is 1. The number of nitrogens with two attached hydrogens (primary N) is 1. The summed E-state index contributed by atoms with van der Waals surface area (Å²) in [4.78, 5) is 25.7. The molecule has 2 amide bonds. The van der Waals surface area contributed by atoms with Gasteiger partial charge in [0.2, 0.25) is 5.91 Å². The van der Waals surface area contributed by atoms with Gasteiger partial charge < -0.3 is 24.7 Å². The zero-order valence-electron chi connectivity index (χ0n) is 20.2. The molecular formula is C25H34N2O6S. The highest BCUT2D eigenvalue weighted by Crippen LogP contribution is 2.59. The molecule has 34 heavy (non-hydrogen) atoms. The van der Waals surface area contributed by atoms with Gasteiger partial charge in [0.1, 0.15) is 23.4 Å². The Morgan fingerprint density at radius 1 is 1.29 bits per heavy atom. The number of hydrogen-bond acceptors (Lipinski definition) is 8. The van der Waals surface area contributed by atoms with Crippen LogP contribution in [0.2, 0.25) is 0 Å². The molecule has 186 valence electrons. The lowest BCUT2D eigenvalue weighted by Gasteiger charge is -2.42. The van der Waals surface area contributed by atoms with E-state index in [-0.39, 0.29) is 29.5 Å². The lowest BCUT2D eigenvalue weighted by atomic mass is 9.68. The van der Waals surface area contributed by atoms with Gasteiger partial charge in [-0.3, -0.25) is 10.1 Å². The van der Waals surface area contributed by atoms with Gasteiger partial charge in [-0.05, 0) is 64.3 Å². The van der Waals surface area contributed by atoms with Crippen LogP contribution in [0.4, 0.5) is 10.5 Å². The highest BCUT2D eigenvalue weighted by atomic mass is 32.2. The number of alkyl carbamates (subject to hydrolysis) is 1. The number of anilines is 1. The van der Waals surface area contributed by atoms with Gasteiger partial charge in [0, 0.05) is 17.7 Å². The van der Waals surface area contributed by atoms with Gasteiger partial charge in [-0.15, -0.1) is 11.8 Å². The first-order valence-corrected chi connectivity index (χ1v) is 12.6. The van der Waals surface area contributed by atoms with Crippen LogP contribution in [0.25, 0.3) is 0 Å². The molecule has 2 aliphatic heterocycles. The van der Waals surface area contributed by atoms with Crippen molar-refractivity contribution in [2.45, 2.75) is 74.4 Å². The van der Waals surface area contributed by atoms with E-state index in [1.54, 1.807) is 19.2 Å². The minimum absolute atomic E-state index is 0.0658. The maximum Gasteiger partial charge on any atom is 0.414 e. The minimum Gasteiger partial charge on any atom is -0.443 e. The minimum atomic E-state index is -0.760. The Hall–Kier alpha value is -2.07. The highest BCUT2D eigenvalue weighted by molar-refractivity contribution is 8.00. The Morgan fingerprint density at radius 3 is 2.62 bits per heavy atom. The number of ether oxygens (including phenoxy) is 4. The standard InChI is InChI=1S/C25H34N2O6S/c1-15(2)5-10-19-24(3,33-19)22-21(30-4)18(11-12-25(22)14-31-25)32-23(29)27-20(28)13-34-17-8-6-16(26)7-9-17/h5-9,18-19,21-22H,10-14,26H2,1-4H3,(H,27,28,29)/t18?,19-,21?,22?,24?,25+/m1/s1. The maximum absolute atomic E-state index is 12.5. The van der Waals surface area contributed by atoms with Crippen LogP contribution in [-0.4, -0.2) is 61.0 Å². The van der Waals surface area contributed by atoms with Crippen molar-refractivity contribution in [1.29, 1.82) is 0 Å². The SMILES string of the molecule is COC1C(OC(=O)NC(=O)CSc2ccc(N)cc2)CC[C@]2(CO2)C1C1(C)O[C@@H]1CC=C(C)C. The maximum atomic E-state index is 12.5. The predicted octanol–water partition coefficient (Wildman–Crippen LogP) is 3.69. The van der Waals surface area contributed by atoms with Crippen LogP contribution < -0.4 is 11.1 Å². The molecule has 2 saturated heterocycles. The third-order valence-corrected chi connectivity index (χ3v) is 8.00. The third kappa shape index (κ3) is 5.43. The zero-order valence-corrected chi connectivity index (χ0v) is 21.0. The van der Waals surface area contributed by atoms with Crippen molar-refractivity contribution in [3.63, 3.8) is 0 Å². The van der Waals surface area contributed by atoms with Crippen LogP contribution in [0.5, 0.6) is 0 Å². The number of carbonyl (C=O) groups is 2. The number of thioether (sulfide) groups is 1. The third-order valence-electron chi connectivity index (χ3n) is 6.99. The Labute approximate surface area is 204 Å². The summed E-state index contributed by atoms with van der Waals surface area (Å²) in [6, 6.07) is 7.20. The molecular weight excluding hydrogens is 456 g/mol. The Kier molecular flexibility index (Phi) is 7.28. The van der Waals surface area contributed by atoms with Gasteiger partial charge >= 0.3 is 6.09 Å². The molecule has 1 spiro atoms. The second kappa shape index (κ2) is 9.89. The summed E-state index contributed by atoms with van der Waals surface area (Å²) in [5, 5.41) is 2.33. The van der Waals surface area contributed by atoms with Crippen LogP contribution in [0.15, 0.2) is 40.8 Å². The Balaban J connectivity index is 1.34. The molecule has 1 aliphatic carbocycles. The van der Waals surface area contributed by atoms with Crippen LogP contribution in [0.3, 0.4) is 0 Å². The van der Waals surface area contributed by atoms with Gasteiger partial charge in [0.25, 0.3) is 0 Å². The van der Waals surface area contributed by atoms with E-state index in [1.165, 1.54) is 17.3 Å². The fourth-order valence-corrected chi connectivity index (χ4v) is 5.80. The quantitative estimate of drug-likeness (QED) is 0.245. The van der Waals surface area contributed by atoms with Gasteiger partial charge in [-0.2, -0.15) is 0 Å². The monoisotopic (exact) mass is 490 g/mol. The number of carbonyl (C=O) groups excluding carboxylic acids is 2. The predicted molar refractivity (Wildman–Crippen MR) is 130 cm³/mol. The second-order valence-corrected chi connectivity index (χ2v) is 10.8. The molecule has 6 atom stereocenters. The zero-order chi connectivity index (χ0) is 24.5. The van der Waals surface area contributed by atoms with E-state index < -0.39 is 23.7 Å². The fourth-order valence-electron chi connectivity index (χ4n) is 5.10. The number of nitrogen functional groups attached to an aromatic ring is 1. The summed E-state index contributed by atoms with van der Waals surface area (Å²) in [7, 11) is 1.62. The van der Waals surface area contributed by atoms with Crippen molar-refractivity contribution in [3.8, 4) is 0 Å². The summed E-state index contributed by atoms with van der Waals surface area (Å²) < 4.78 is 23.7. The number of hydrogen-bond donors (Lipinski definition) is 2. The summed E-state index contributed by atoms with van der Waals surface area (Å²) in [5.74, 6) is -0.395. The van der Waals surface area contributed by atoms with Crippen molar-refractivity contribution in [1.82, 2.24) is 5.32 Å². The molecule has 4 rings (SSSR count). The smallest absolute Gasteiger partial charge is 0.414 e. The van der Waals surface area contributed by atoms with Crippen molar-refractivity contribution >= 4 is 29.4 Å². The van der Waals surface area contributed by atoms with Crippen LogP contribution in [0, 0.1) is 5.92 Å². The normalized spacial score (nSPS) is 33.8. The molecule has 2 heterocycles. The number of amides is 2. The highest BCUT2D eigenvalue weighted by Gasteiger charge is 2.72. The van der Waals surface area contributed by atoms with E-state index in [0.717, 1.165) is 17.7 Å². The second-order valence-electron chi connectivity index (χ2n) is 9.73. The number of allylic oxidation sites excluding steroid dienone is 1. The first-order chi connectivity index (χ1) is 16.2. The average Bonchev–Trinajstić information content (AvgIpc) is 3.70. The topological polar surface area (TPSA) is 116 Å². The molecule has 0 radical (unpaired) electrons. The summed E-state index contributed by atoms with van der Waals surface area (Å²) in [6.07, 6.45) is 2.80. The number of methoxy groups -OCH3 is 1. The van der Waals surface area contributed by atoms with Crippen molar-refractivity contribution in [2.24, 2.45) is 5.92 Å². The molecule has 1 saturated carbocycles. The molecule has 1 aromatic rings. The molecule has 0 bridgehead atoms. The van der Waals surface area contributed by atoms with E-state index in [0.29, 0.717) is 18.7 Å². The van der Waals surface area contributed by atoms with Crippen LogP contribution in [0.1, 0.15) is 40.0 Å². The summed E-state index contributed by atoms with van der Waals surface area (Å²) in [5.41, 5.74) is 6.88. The van der Waals surface area contributed by atoms with Crippen LogP contribution >= 0.6 is 11.8 Å². The van der Waals surface area contributed by atoms with Gasteiger partial charge in [0.15, 0.2) is 0 Å². The summed E-state index contributed by atoms with van der Waals surface area (Å²) in [6.45, 7) is 6.90. The van der Waals surface area contributed by atoms with Gasteiger partial charge in [-0.25, -0.2) is 4.79 Å². The fraction of sp³-hybridized carbons (Fsp3) is 0.600. The Morgan fingerprint density at radius 2 is 2.00 bits per heavy atom. The number of nitrogens with one attached hydrogen (secondary N) is 1. The molecule has 3 N–H and O–H groups in total. The number of rotatable bonds is 8. The largest absolute Gasteiger partial charge is 0.443 e. The van der Waals surface area contributed by atoms with Crippen molar-refractivity contribution in [3.05, 3.63) is 35.9 Å². The molecule has 4 unspecified atom stereocenters. The Bertz CT molecular complexity index is 943. The summed E-state index contributed by atoms with van der Waals surface area (Å²) >= 11 is 1.32. The van der Waals surface area contributed by atoms with E-state index in [4.69, 9.17) is 24.7 Å². The van der Waals surface area contributed by atoms with Crippen LogP contribution in [-0.2, 0) is 23.7 Å². The molecule has 1 aromatic carbocycles. The van der Waals surface area contributed by atoms with E-state index in [1.807, 2.05) is 12.1 Å². The van der Waals surface area contributed by atoms with Crippen molar-refractivity contribution < 1.29 is 28.5 Å². The molecule has 3 aliphatic rings. The molecule has 8 nitrogen and oxygen atoms in total. The van der Waals surface area contributed by atoms with Gasteiger partial charge in [0.05, 0.1) is 24.4 Å². The van der Waals surface area contributed by atoms with E-state index >= 15 is 0 Å².